The molecule has 0 spiro atoms. The largest absolute Gasteiger partial charge is 0.482 e. The minimum atomic E-state index is -0.864. The smallest absolute Gasteiger partial charge is 0.265 e. The van der Waals surface area contributed by atoms with Crippen LogP contribution in [0.1, 0.15) is 66.8 Å². The number of nitrogens with zero attached hydrogens (tertiary/aromatic N) is 4. The van der Waals surface area contributed by atoms with Gasteiger partial charge in [-0.2, -0.15) is 0 Å². The Hall–Kier alpha value is -4.49. The number of benzene rings is 1. The van der Waals surface area contributed by atoms with E-state index in [-0.39, 0.29) is 36.4 Å². The number of aromatic nitrogens is 2. The van der Waals surface area contributed by atoms with E-state index in [0.29, 0.717) is 58.2 Å². The molecule has 0 radical (unpaired) electrons. The molecule has 2 aromatic heterocycles. The number of primary amides is 1. The first-order chi connectivity index (χ1) is 23.1. The Morgan fingerprint density at radius 1 is 1.21 bits per heavy atom. The van der Waals surface area contributed by atoms with Crippen LogP contribution in [0.5, 0.6) is 5.75 Å². The minimum Gasteiger partial charge on any atom is -0.482 e. The second-order valence-electron chi connectivity index (χ2n) is 13.1. The number of fused-ring (bicyclic) bond motifs is 1. The van der Waals surface area contributed by atoms with E-state index in [4.69, 9.17) is 25.6 Å². The summed E-state index contributed by atoms with van der Waals surface area (Å²) in [6.45, 7) is 5.41. The molecule has 4 heterocycles. The van der Waals surface area contributed by atoms with Gasteiger partial charge in [0.2, 0.25) is 0 Å². The maximum Gasteiger partial charge on any atom is 0.265 e. The summed E-state index contributed by atoms with van der Waals surface area (Å²) in [5.41, 5.74) is 8.46. The van der Waals surface area contributed by atoms with Crippen molar-refractivity contribution in [2.45, 2.75) is 70.7 Å². The summed E-state index contributed by atoms with van der Waals surface area (Å²) in [6, 6.07) is 6.43. The van der Waals surface area contributed by atoms with Crippen LogP contribution in [0.2, 0.25) is 0 Å². The van der Waals surface area contributed by atoms with Crippen molar-refractivity contribution in [3.8, 4) is 16.9 Å². The molecule has 6 rings (SSSR count). The number of piperidine rings is 1. The molecule has 1 aliphatic carbocycles. The average molecular weight is 662 g/mol. The van der Waals surface area contributed by atoms with Crippen molar-refractivity contribution in [2.24, 2.45) is 11.7 Å². The lowest BCUT2D eigenvalue weighted by Crippen LogP contribution is -2.52. The highest BCUT2D eigenvalue weighted by Crippen LogP contribution is 2.41. The molecule has 0 bridgehead atoms. The van der Waals surface area contributed by atoms with Gasteiger partial charge in [-0.3, -0.25) is 19.5 Å². The second kappa shape index (κ2) is 13.9. The summed E-state index contributed by atoms with van der Waals surface area (Å²) in [5, 5.41) is 12.1. The van der Waals surface area contributed by atoms with E-state index in [9.17, 15) is 18.4 Å². The van der Waals surface area contributed by atoms with Crippen LogP contribution in [0, 0.1) is 23.0 Å². The number of anilines is 2. The zero-order chi connectivity index (χ0) is 34.1. The Labute approximate surface area is 278 Å². The summed E-state index contributed by atoms with van der Waals surface area (Å²) in [4.78, 5) is 38.6. The Balaban J connectivity index is 1.35. The molecule has 13 heteroatoms. The van der Waals surface area contributed by atoms with Crippen molar-refractivity contribution in [3.05, 3.63) is 64.6 Å². The van der Waals surface area contributed by atoms with E-state index < -0.39 is 23.4 Å². The number of methoxy groups -OCH3 is 1. The van der Waals surface area contributed by atoms with Crippen LogP contribution in [0.3, 0.4) is 0 Å². The highest BCUT2D eigenvalue weighted by atomic mass is 19.1. The Kier molecular flexibility index (Phi) is 9.70. The number of pyridine rings is 2. The fraction of sp³-hybridized carbons (Fsp3) is 0.457. The van der Waals surface area contributed by atoms with Gasteiger partial charge in [0.05, 0.1) is 41.5 Å². The van der Waals surface area contributed by atoms with Gasteiger partial charge in [-0.1, -0.05) is 19.9 Å². The van der Waals surface area contributed by atoms with Gasteiger partial charge in [0.1, 0.15) is 23.2 Å². The van der Waals surface area contributed by atoms with Gasteiger partial charge >= 0.3 is 0 Å². The number of nitrogens with two attached hydrogens (primary N) is 1. The SMILES string of the molecule is COC1CC(N2CCC(Nc3nc(CC(C)C)c(C(N)=O)c(-c4ccc5c(c4)OCC(=O)N5Cc4ncc(F)cc4F)c3C=N)CC2)C1. The van der Waals surface area contributed by atoms with Gasteiger partial charge in [-0.25, -0.2) is 13.8 Å². The molecule has 2 aliphatic heterocycles. The summed E-state index contributed by atoms with van der Waals surface area (Å²) >= 11 is 0. The first kappa shape index (κ1) is 33.4. The van der Waals surface area contributed by atoms with Crippen molar-refractivity contribution in [3.63, 3.8) is 0 Å². The van der Waals surface area contributed by atoms with Crippen LogP contribution in [0.15, 0.2) is 30.5 Å². The number of likely N-dealkylation sites (tertiary alicyclic amines) is 1. The third-order valence-electron chi connectivity index (χ3n) is 9.48. The van der Waals surface area contributed by atoms with Crippen LogP contribution >= 0.6 is 0 Å². The average Bonchev–Trinajstić information content (AvgIpc) is 3.02. The van der Waals surface area contributed by atoms with Crippen molar-refractivity contribution in [1.82, 2.24) is 14.9 Å². The van der Waals surface area contributed by atoms with E-state index >= 15 is 0 Å². The molecule has 1 saturated heterocycles. The van der Waals surface area contributed by atoms with E-state index in [1.165, 1.54) is 11.1 Å². The lowest BCUT2D eigenvalue weighted by Gasteiger charge is -2.45. The zero-order valence-corrected chi connectivity index (χ0v) is 27.4. The van der Waals surface area contributed by atoms with Gasteiger partial charge in [-0.15, -0.1) is 0 Å². The molecule has 3 aromatic rings. The lowest BCUT2D eigenvalue weighted by molar-refractivity contribution is -0.121. The zero-order valence-electron chi connectivity index (χ0n) is 27.4. The number of amides is 2. The van der Waals surface area contributed by atoms with Crippen molar-refractivity contribution >= 4 is 29.5 Å². The molecule has 48 heavy (non-hydrogen) atoms. The molecule has 2 amide bonds. The van der Waals surface area contributed by atoms with Crippen LogP contribution in [0.4, 0.5) is 20.3 Å². The molecule has 2 fully saturated rings. The first-order valence-corrected chi connectivity index (χ1v) is 16.3. The van der Waals surface area contributed by atoms with Crippen LogP contribution in [-0.2, 0) is 22.5 Å². The van der Waals surface area contributed by atoms with Crippen molar-refractivity contribution in [1.29, 1.82) is 5.41 Å². The monoisotopic (exact) mass is 661 g/mol. The summed E-state index contributed by atoms with van der Waals surface area (Å²) in [5.74, 6) is -1.78. The molecule has 1 saturated carbocycles. The van der Waals surface area contributed by atoms with Crippen LogP contribution in [-0.4, -0.2) is 77.9 Å². The molecule has 254 valence electrons. The fourth-order valence-corrected chi connectivity index (χ4v) is 6.87. The maximum absolute atomic E-state index is 14.5. The molecule has 1 aromatic carbocycles. The highest BCUT2D eigenvalue weighted by molar-refractivity contribution is 6.08. The van der Waals surface area contributed by atoms with Crippen LogP contribution < -0.4 is 20.7 Å². The molecular weight excluding hydrogens is 620 g/mol. The third-order valence-corrected chi connectivity index (χ3v) is 9.48. The van der Waals surface area contributed by atoms with Gasteiger partial charge in [0, 0.05) is 55.7 Å². The van der Waals surface area contributed by atoms with Gasteiger partial charge in [0.15, 0.2) is 6.61 Å². The lowest BCUT2D eigenvalue weighted by atomic mass is 9.86. The maximum atomic E-state index is 14.5. The molecule has 3 aliphatic rings. The minimum absolute atomic E-state index is 0.0929. The number of halogens is 2. The molecule has 0 unspecified atom stereocenters. The number of nitrogens with one attached hydrogen (secondary N) is 2. The first-order valence-electron chi connectivity index (χ1n) is 16.3. The summed E-state index contributed by atoms with van der Waals surface area (Å²) in [7, 11) is 1.76. The predicted octanol–water partition coefficient (Wildman–Crippen LogP) is 4.70. The number of hydrogen-bond donors (Lipinski definition) is 3. The molecule has 0 atom stereocenters. The van der Waals surface area contributed by atoms with E-state index in [1.54, 1.807) is 25.3 Å². The Bertz CT molecular complexity index is 1720. The third kappa shape index (κ3) is 6.74. The van der Waals surface area contributed by atoms with Crippen molar-refractivity contribution in [2.75, 3.05) is 37.0 Å². The number of rotatable bonds is 11. The van der Waals surface area contributed by atoms with E-state index in [1.807, 2.05) is 13.8 Å². The normalized spacial score (nSPS) is 19.9. The fourth-order valence-electron chi connectivity index (χ4n) is 6.87. The quantitative estimate of drug-likeness (QED) is 0.251. The Morgan fingerprint density at radius 2 is 1.96 bits per heavy atom. The predicted molar refractivity (Wildman–Crippen MR) is 177 cm³/mol. The van der Waals surface area contributed by atoms with Gasteiger partial charge < -0.3 is 30.8 Å². The van der Waals surface area contributed by atoms with Gasteiger partial charge in [-0.05, 0) is 55.7 Å². The molecule has 4 N–H and O–H groups in total. The molecular formula is C35H41F2N7O4. The number of carbonyl (C=O) groups excluding carboxylic acids is 2. The molecule has 11 nitrogen and oxygen atoms in total. The number of carbonyl (C=O) groups is 2. The standard InChI is InChI=1S/C35H41F2N7O4/c1-19(2)10-27-33(34(39)46)32(25(15-38)35(42-27)41-22-6-8-43(9-7-22)23-13-24(14-23)47-3)20-4-5-29-30(11-20)48-18-31(45)44(29)17-28-26(37)12-21(36)16-40-28/h4-5,11-12,15-16,19,22-24,38H,6-10,13-14,17-18H2,1-3H3,(H2,39,46)(H,41,42). The number of ether oxygens (including phenoxy) is 2. The summed E-state index contributed by atoms with van der Waals surface area (Å²) in [6.07, 6.45) is 6.83. The summed E-state index contributed by atoms with van der Waals surface area (Å²) < 4.78 is 39.2. The van der Waals surface area contributed by atoms with Gasteiger partial charge in [0.25, 0.3) is 11.8 Å². The van der Waals surface area contributed by atoms with E-state index in [2.05, 4.69) is 15.2 Å². The van der Waals surface area contributed by atoms with Crippen molar-refractivity contribution < 1.29 is 27.8 Å². The topological polar surface area (TPSA) is 147 Å². The second-order valence-corrected chi connectivity index (χ2v) is 13.1. The Morgan fingerprint density at radius 3 is 2.60 bits per heavy atom. The van der Waals surface area contributed by atoms with E-state index in [0.717, 1.165) is 51.0 Å². The highest BCUT2D eigenvalue weighted by Gasteiger charge is 2.36. The number of hydrogen-bond acceptors (Lipinski definition) is 9. The van der Waals surface area contributed by atoms with Crippen LogP contribution in [0.25, 0.3) is 11.1 Å².